The number of nitro groups is 1. The molecule has 8 nitrogen and oxygen atoms in total. The van der Waals surface area contributed by atoms with E-state index in [0.29, 0.717) is 11.1 Å². The molecular formula is C20H24FN3O5S. The van der Waals surface area contributed by atoms with Crippen LogP contribution in [0.1, 0.15) is 37.4 Å². The number of aryl methyl sites for hydroxylation is 1. The molecule has 0 fully saturated rings. The van der Waals surface area contributed by atoms with Gasteiger partial charge in [-0.15, -0.1) is 0 Å². The summed E-state index contributed by atoms with van der Waals surface area (Å²) in [5.74, 6) is -0.973. The van der Waals surface area contributed by atoms with E-state index in [1.54, 1.807) is 20.8 Å². The minimum absolute atomic E-state index is 0.0723. The Balaban J connectivity index is 2.42. The van der Waals surface area contributed by atoms with Gasteiger partial charge in [0.2, 0.25) is 15.9 Å². The lowest BCUT2D eigenvalue weighted by atomic mass is 10.1. The lowest BCUT2D eigenvalue weighted by Crippen LogP contribution is -2.50. The molecule has 0 saturated heterocycles. The summed E-state index contributed by atoms with van der Waals surface area (Å²) < 4.78 is 39.3. The van der Waals surface area contributed by atoms with Crippen molar-refractivity contribution in [3.05, 3.63) is 69.5 Å². The number of non-ortho nitro benzene ring substituents is 1. The summed E-state index contributed by atoms with van der Waals surface area (Å²) in [6.45, 7) is 4.96. The number of hydrogen-bond acceptors (Lipinski definition) is 5. The SMILES string of the molecule is CC[C@@H](C(=O)N[C@@H](C)c1ccc(F)cc1)N(c1cc([N+](=O)[O-])ccc1C)S(C)(=O)=O. The predicted octanol–water partition coefficient (Wildman–Crippen LogP) is 3.46. The quantitative estimate of drug-likeness (QED) is 0.502. The molecule has 10 heteroatoms. The molecule has 0 aromatic heterocycles. The molecule has 2 aromatic rings. The lowest BCUT2D eigenvalue weighted by molar-refractivity contribution is -0.384. The summed E-state index contributed by atoms with van der Waals surface area (Å²) in [5, 5.41) is 13.9. The van der Waals surface area contributed by atoms with Gasteiger partial charge < -0.3 is 5.32 Å². The second kappa shape index (κ2) is 9.21. The maximum atomic E-state index is 13.1. The van der Waals surface area contributed by atoms with E-state index in [1.807, 2.05) is 0 Å². The second-order valence-electron chi connectivity index (χ2n) is 6.99. The highest BCUT2D eigenvalue weighted by Gasteiger charge is 2.33. The highest BCUT2D eigenvalue weighted by atomic mass is 32.2. The van der Waals surface area contributed by atoms with E-state index >= 15 is 0 Å². The second-order valence-corrected chi connectivity index (χ2v) is 8.85. The molecule has 2 rings (SSSR count). The summed E-state index contributed by atoms with van der Waals surface area (Å²) in [6.07, 6.45) is 1.09. The number of amides is 1. The number of anilines is 1. The van der Waals surface area contributed by atoms with Gasteiger partial charge in [-0.2, -0.15) is 0 Å². The molecule has 30 heavy (non-hydrogen) atoms. The molecular weight excluding hydrogens is 413 g/mol. The van der Waals surface area contributed by atoms with Gasteiger partial charge in [-0.05, 0) is 43.5 Å². The topological polar surface area (TPSA) is 110 Å². The van der Waals surface area contributed by atoms with Crippen molar-refractivity contribution in [2.75, 3.05) is 10.6 Å². The molecule has 1 N–H and O–H groups in total. The van der Waals surface area contributed by atoms with Crippen molar-refractivity contribution in [3.8, 4) is 0 Å². The van der Waals surface area contributed by atoms with Crippen molar-refractivity contribution < 1.29 is 22.5 Å². The van der Waals surface area contributed by atoms with Crippen molar-refractivity contribution in [1.82, 2.24) is 5.32 Å². The zero-order valence-electron chi connectivity index (χ0n) is 17.1. The molecule has 0 unspecified atom stereocenters. The van der Waals surface area contributed by atoms with Gasteiger partial charge in [0.05, 0.1) is 22.9 Å². The Morgan fingerprint density at radius 3 is 2.33 bits per heavy atom. The standard InChI is InChI=1S/C20H24FN3O5S/c1-5-18(20(25)22-14(3)15-7-9-16(21)10-8-15)23(30(4,28)29)19-12-17(24(26)27)11-6-13(19)2/h6-12,14,18H,5H2,1-4H3,(H,22,25)/t14-,18-/m0/s1. The number of halogens is 1. The summed E-state index contributed by atoms with van der Waals surface area (Å²) in [4.78, 5) is 23.5. The Morgan fingerprint density at radius 1 is 1.23 bits per heavy atom. The number of sulfonamides is 1. The van der Waals surface area contributed by atoms with Crippen molar-refractivity contribution in [2.24, 2.45) is 0 Å². The number of nitro benzene ring substituents is 1. The summed E-state index contributed by atoms with van der Waals surface area (Å²) in [6, 6.07) is 7.84. The average molecular weight is 437 g/mol. The van der Waals surface area contributed by atoms with Crippen LogP contribution in [-0.4, -0.2) is 31.5 Å². The van der Waals surface area contributed by atoms with Gasteiger partial charge in [0.15, 0.2) is 0 Å². The molecule has 2 aromatic carbocycles. The zero-order valence-corrected chi connectivity index (χ0v) is 17.9. The first kappa shape index (κ1) is 23.3. The number of carbonyl (C=O) groups is 1. The minimum atomic E-state index is -3.94. The smallest absolute Gasteiger partial charge is 0.271 e. The number of carbonyl (C=O) groups excluding carboxylic acids is 1. The zero-order chi connectivity index (χ0) is 22.6. The fraction of sp³-hybridized carbons (Fsp3) is 0.350. The summed E-state index contributed by atoms with van der Waals surface area (Å²) in [7, 11) is -3.94. The van der Waals surface area contributed by atoms with E-state index < -0.39 is 38.8 Å². The first-order valence-corrected chi connectivity index (χ1v) is 11.1. The van der Waals surface area contributed by atoms with E-state index in [1.165, 1.54) is 36.4 Å². The van der Waals surface area contributed by atoms with Crippen LogP contribution in [0.5, 0.6) is 0 Å². The van der Waals surface area contributed by atoms with E-state index in [0.717, 1.165) is 16.6 Å². The molecule has 0 radical (unpaired) electrons. The summed E-state index contributed by atoms with van der Waals surface area (Å²) in [5.41, 5.74) is 0.920. The van der Waals surface area contributed by atoms with Crippen LogP contribution in [0.25, 0.3) is 0 Å². The number of rotatable bonds is 8. The fourth-order valence-electron chi connectivity index (χ4n) is 3.13. The van der Waals surface area contributed by atoms with Gasteiger partial charge in [0, 0.05) is 12.1 Å². The first-order valence-electron chi connectivity index (χ1n) is 9.26. The van der Waals surface area contributed by atoms with Crippen LogP contribution in [0, 0.1) is 22.9 Å². The molecule has 1 amide bonds. The van der Waals surface area contributed by atoms with Gasteiger partial charge in [0.1, 0.15) is 11.9 Å². The van der Waals surface area contributed by atoms with Gasteiger partial charge in [-0.1, -0.05) is 25.1 Å². The van der Waals surface area contributed by atoms with Crippen molar-refractivity contribution in [2.45, 2.75) is 39.3 Å². The van der Waals surface area contributed by atoms with Crippen LogP contribution >= 0.6 is 0 Å². The highest BCUT2D eigenvalue weighted by Crippen LogP contribution is 2.30. The molecule has 0 spiro atoms. The Bertz CT molecular complexity index is 1040. The predicted molar refractivity (Wildman–Crippen MR) is 112 cm³/mol. The Kier molecular flexibility index (Phi) is 7.14. The van der Waals surface area contributed by atoms with Gasteiger partial charge in [0.25, 0.3) is 5.69 Å². The number of hydrogen-bond donors (Lipinski definition) is 1. The van der Waals surface area contributed by atoms with Gasteiger partial charge >= 0.3 is 0 Å². The van der Waals surface area contributed by atoms with E-state index in [-0.39, 0.29) is 17.8 Å². The van der Waals surface area contributed by atoms with E-state index in [2.05, 4.69) is 5.32 Å². The molecule has 0 heterocycles. The number of nitrogens with one attached hydrogen (secondary N) is 1. The average Bonchev–Trinajstić information content (AvgIpc) is 2.66. The van der Waals surface area contributed by atoms with Gasteiger partial charge in [-0.25, -0.2) is 12.8 Å². The molecule has 0 aliphatic rings. The lowest BCUT2D eigenvalue weighted by Gasteiger charge is -2.32. The van der Waals surface area contributed by atoms with Crippen molar-refractivity contribution in [3.63, 3.8) is 0 Å². The number of benzene rings is 2. The molecule has 162 valence electrons. The monoisotopic (exact) mass is 437 g/mol. The normalized spacial score (nSPS) is 13.4. The maximum absolute atomic E-state index is 13.1. The third-order valence-corrected chi connectivity index (χ3v) is 5.87. The van der Waals surface area contributed by atoms with E-state index in [4.69, 9.17) is 0 Å². The third kappa shape index (κ3) is 5.32. The van der Waals surface area contributed by atoms with Crippen LogP contribution in [0.15, 0.2) is 42.5 Å². The molecule has 0 aliphatic carbocycles. The highest BCUT2D eigenvalue weighted by molar-refractivity contribution is 7.92. The van der Waals surface area contributed by atoms with Crippen LogP contribution in [0.2, 0.25) is 0 Å². The number of nitrogens with zero attached hydrogens (tertiary/aromatic N) is 2. The molecule has 2 atom stereocenters. The minimum Gasteiger partial charge on any atom is -0.348 e. The Hall–Kier alpha value is -3.01. The van der Waals surface area contributed by atoms with Gasteiger partial charge in [-0.3, -0.25) is 19.2 Å². The first-order chi connectivity index (χ1) is 14.0. The fourth-order valence-corrected chi connectivity index (χ4v) is 4.39. The van der Waals surface area contributed by atoms with Crippen molar-refractivity contribution in [1.29, 1.82) is 0 Å². The van der Waals surface area contributed by atoms with E-state index in [9.17, 15) is 27.7 Å². The molecule has 0 saturated carbocycles. The van der Waals surface area contributed by atoms with Crippen molar-refractivity contribution >= 4 is 27.3 Å². The van der Waals surface area contributed by atoms with Crippen LogP contribution < -0.4 is 9.62 Å². The maximum Gasteiger partial charge on any atom is 0.271 e. The van der Waals surface area contributed by atoms with Crippen LogP contribution in [-0.2, 0) is 14.8 Å². The summed E-state index contributed by atoms with van der Waals surface area (Å²) >= 11 is 0. The Morgan fingerprint density at radius 2 is 1.83 bits per heavy atom. The molecule has 0 aliphatic heterocycles. The largest absolute Gasteiger partial charge is 0.348 e. The van der Waals surface area contributed by atoms with Crippen LogP contribution in [0.4, 0.5) is 15.8 Å². The third-order valence-electron chi connectivity index (χ3n) is 4.70. The van der Waals surface area contributed by atoms with Crippen LogP contribution in [0.3, 0.4) is 0 Å². The Labute approximate surface area is 174 Å². The molecule has 0 bridgehead atoms.